The monoisotopic (exact) mass is 2150 g/mol. The maximum absolute atomic E-state index is 13.5. The summed E-state index contributed by atoms with van der Waals surface area (Å²) in [6, 6.07) is 13.1. The van der Waals surface area contributed by atoms with Gasteiger partial charge >= 0.3 is 68.9 Å². The van der Waals surface area contributed by atoms with Crippen LogP contribution in [0.2, 0.25) is 61.0 Å². The quantitative estimate of drug-likeness (QED) is 0.0163. The molecule has 6 saturated heterocycles. The van der Waals surface area contributed by atoms with E-state index in [0.29, 0.717) is 37.9 Å². The van der Waals surface area contributed by atoms with Crippen LogP contribution in [-0.4, -0.2) is 228 Å². The summed E-state index contributed by atoms with van der Waals surface area (Å²) in [6.07, 6.45) is -11.7. The summed E-state index contributed by atoms with van der Waals surface area (Å²) in [6.45, 7) is 51.6. The van der Waals surface area contributed by atoms with Crippen LogP contribution in [0.5, 0.6) is 0 Å². The van der Waals surface area contributed by atoms with Crippen molar-refractivity contribution in [3.8, 4) is 0 Å². The van der Waals surface area contributed by atoms with Crippen LogP contribution in [0, 0.1) is 27.7 Å². The normalized spacial score (nSPS) is 25.5. The zero-order valence-corrected chi connectivity index (χ0v) is 90.1. The third kappa shape index (κ3) is 25.3. The minimum Gasteiger partial charge on any atom is -0.451 e. The molecule has 0 aliphatic carbocycles. The van der Waals surface area contributed by atoms with Crippen molar-refractivity contribution in [2.45, 2.75) is 361 Å². The van der Waals surface area contributed by atoms with Gasteiger partial charge in [-0.25, -0.2) is 33.2 Å². The number of aromatic amines is 3. The molecule has 45 heteroatoms. The van der Waals surface area contributed by atoms with Crippen LogP contribution in [0.15, 0.2) is 121 Å². The van der Waals surface area contributed by atoms with Gasteiger partial charge in [-0.2, -0.15) is 11.1 Å². The lowest BCUT2D eigenvalue weighted by Gasteiger charge is -2.51. The molecule has 6 fully saturated rings. The van der Waals surface area contributed by atoms with Crippen molar-refractivity contribution in [1.29, 1.82) is 0 Å². The van der Waals surface area contributed by atoms with Crippen molar-refractivity contribution in [1.82, 2.24) is 37.8 Å². The van der Waals surface area contributed by atoms with Crippen LogP contribution in [0.4, 0.5) is 4.39 Å². The average molecular weight is 2150 g/mol. The van der Waals surface area contributed by atoms with E-state index in [2.05, 4.69) is 199 Å². The van der Waals surface area contributed by atoms with Gasteiger partial charge in [0.2, 0.25) is 0 Å². The summed E-state index contributed by atoms with van der Waals surface area (Å²) in [4.78, 5) is 130. The Balaban J connectivity index is 0.000000274. The molecule has 10 heterocycles. The number of H-pyrrole nitrogens is 3. The van der Waals surface area contributed by atoms with Gasteiger partial charge in [-0.1, -0.05) is 199 Å². The Morgan fingerprint density at radius 3 is 1.11 bits per heavy atom. The van der Waals surface area contributed by atoms with E-state index in [4.69, 9.17) is 70.5 Å². The molecule has 36 nitrogen and oxygen atoms in total. The van der Waals surface area contributed by atoms with Gasteiger partial charge in [0.05, 0.1) is 44.1 Å². The molecule has 12 rings (SSSR count). The van der Waals surface area contributed by atoms with E-state index in [1.807, 2.05) is 0 Å². The van der Waals surface area contributed by atoms with Crippen LogP contribution >= 0.6 is 42.9 Å². The van der Waals surface area contributed by atoms with Crippen LogP contribution < -0.4 is 45.0 Å². The van der Waals surface area contributed by atoms with Crippen LogP contribution in [0.3, 0.4) is 0 Å². The predicted molar refractivity (Wildman–Crippen MR) is 532 cm³/mol. The van der Waals surface area contributed by atoms with E-state index < -0.39 is 223 Å². The van der Waals surface area contributed by atoms with Crippen LogP contribution in [0.25, 0.3) is 0 Å². The van der Waals surface area contributed by atoms with Gasteiger partial charge in [-0.3, -0.25) is 57.0 Å². The molecule has 136 heavy (non-hydrogen) atoms. The summed E-state index contributed by atoms with van der Waals surface area (Å²) >= 11 is 13.3. The van der Waals surface area contributed by atoms with E-state index in [9.17, 15) is 77.9 Å². The molecule has 6 aromatic rings. The lowest BCUT2D eigenvalue weighted by Crippen LogP contribution is -2.66. The highest BCUT2D eigenvalue weighted by molar-refractivity contribution is 9.10. The molecule has 4 aromatic heterocycles. The van der Waals surface area contributed by atoms with Crippen molar-refractivity contribution in [2.75, 3.05) is 33.1 Å². The lowest BCUT2D eigenvalue weighted by molar-refractivity contribution is -0.0626. The third-order valence-corrected chi connectivity index (χ3v) is 56.6. The number of nitrogens with zero attached hydrogens (tertiary/aromatic N) is 5. The van der Waals surface area contributed by atoms with Crippen molar-refractivity contribution >= 4 is 96.5 Å². The zero-order valence-electron chi connectivity index (χ0n) is 81.2. The van der Waals surface area contributed by atoms with Crippen LogP contribution in [-0.2, 0) is 60.9 Å². The second-order valence-electron chi connectivity index (χ2n) is 38.3. The molecule has 0 saturated carbocycles. The lowest BCUT2D eigenvalue weighted by atomic mass is 10.1. The molecular weight excluding hydrogens is 2010 g/mol. The first-order valence-corrected chi connectivity index (χ1v) is 58.2. The van der Waals surface area contributed by atoms with Crippen LogP contribution in [0.1, 0.15) is 235 Å². The molecule has 0 radical (unpaired) electrons. The number of benzene rings is 2. The molecule has 4 unspecified atom stereocenters. The van der Waals surface area contributed by atoms with Crippen molar-refractivity contribution in [3.63, 3.8) is 0 Å². The van der Waals surface area contributed by atoms with E-state index in [1.165, 1.54) is 59.9 Å². The highest BCUT2D eigenvalue weighted by atomic mass is 79.9. The van der Waals surface area contributed by atoms with E-state index >= 15 is 0 Å². The van der Waals surface area contributed by atoms with Crippen molar-refractivity contribution in [2.24, 2.45) is 0 Å². The second-order valence-corrected chi connectivity index (χ2v) is 64.9. The number of halogens is 4. The molecule has 9 N–H and O–H groups in total. The fourth-order valence-corrected chi connectivity index (χ4v) is 45.2. The van der Waals surface area contributed by atoms with Gasteiger partial charge in [0.15, 0.2) is 44.5 Å². The summed E-state index contributed by atoms with van der Waals surface area (Å²) in [5.74, 6) is -1.36. The number of aliphatic hydroxyl groups is 6. The minimum atomic E-state index is -3.10. The highest BCUT2D eigenvalue weighted by Crippen LogP contribution is 2.52. The number of carbonyl (C=O) groups is 2. The SMILES string of the molecule is C.C.CC(C)[Si](Cl)(C(C)C)C(C)C.Cc1cn([C@@H]2O[C@@H]3CO[Si](C(C)C)(C(C)C)O[Si](C(C)C)(C(C)C)O[C@@H]3C2O)c(=O)[nH]c1=O.Cc1cn([C@@H]2O[C@@H]3CO[Si](C(C)C)(C(C)C)O[Si](C(C)C)(C(C)C)O[C@@H]3C2OC(=O)c2ccc(Br)cc2)c(=O)[nH]c1=O.Cc1cn([C@@H]2O[C@H](CO)[C@H](O)C2O)c(=O)[nH]c1=O.Cc1cn([C@@H]2O[C@H](CO)[C@H](O)C2OC(=O)c2ccc(Br)cc2)c(=O)n(CCF)c1=O. The molecule has 0 amide bonds. The smallest absolute Gasteiger partial charge is 0.338 e. The molecule has 0 spiro atoms. The van der Waals surface area contributed by atoms with Gasteiger partial charge < -0.3 is 85.0 Å². The summed E-state index contributed by atoms with van der Waals surface area (Å²) in [5.41, 5.74) is -0.490. The Hall–Kier alpha value is -6.28. The molecular formula is C91H146Br2ClFN8O28Si5. The number of ether oxygens (including phenoxy) is 6. The molecule has 6 aliphatic heterocycles. The van der Waals surface area contributed by atoms with Crippen molar-refractivity contribution in [3.05, 3.63) is 199 Å². The number of fused-ring (bicyclic) bond motifs is 2. The Labute approximate surface area is 820 Å². The Kier molecular flexibility index (Phi) is 42.8. The maximum Gasteiger partial charge on any atom is 0.338 e. The molecule has 16 atom stereocenters. The van der Waals surface area contributed by atoms with Gasteiger partial charge in [-0.15, -0.1) is 0 Å². The number of hydrogen-bond acceptors (Lipinski definition) is 28. The molecule has 0 bridgehead atoms. The number of aryl methyl sites for hydroxylation is 4. The van der Waals surface area contributed by atoms with Gasteiger partial charge in [-0.05, 0) is 137 Å². The third-order valence-electron chi connectivity index (χ3n) is 25.8. The van der Waals surface area contributed by atoms with Gasteiger partial charge in [0.25, 0.3) is 22.2 Å². The fourth-order valence-electron chi connectivity index (χ4n) is 18.3. The number of aliphatic hydroxyl groups excluding tert-OH is 6. The number of rotatable bonds is 23. The summed E-state index contributed by atoms with van der Waals surface area (Å²) in [7, 11) is -13.1. The van der Waals surface area contributed by atoms with E-state index in [0.717, 1.165) is 18.1 Å². The Morgan fingerprint density at radius 1 is 0.449 bits per heavy atom. The maximum atomic E-state index is 13.5. The largest absolute Gasteiger partial charge is 0.451 e. The highest BCUT2D eigenvalue weighted by Gasteiger charge is 2.65. The van der Waals surface area contributed by atoms with Gasteiger partial charge in [0, 0.05) is 56.0 Å². The topological polar surface area (TPSA) is 475 Å². The first kappa shape index (κ1) is 118. The minimum absolute atomic E-state index is 0. The molecule has 766 valence electrons. The standard InChI is InChI=1S/C29H43BrN2O8Si2.C22H40N2O7Si2.C19H20BrFN2O7.C10H14N2O6.C9H21ClSi.2CH4/c1-16(2)41(17(3)4)36-15-23-24(39-42(40-41,18(5)6)19(7)8)25(38-28(34)21-10-12-22(30)13-11-21)27(37-23)32-14-20(9)26(33)31-29(32)35;1-12(2)32(13(3)4)28-11-17-19(30-33(31-32,14(5)6)15(7)8)18(25)21(29-17)24-10-16(9)20(26)23-22(24)27;1-10-8-23(19(28)22(7-6-21)16(10)26)17-15(14(25)13(9-24)29-17)30-18(27)11-2-4-12(20)5-3-11;1-4-2-12(10(17)11-8(4)16)9-7(15)6(14)5(3-13)18-9;1-7(2)11(10,8(3)4)9(5)6;;/h10-14,16-19,23-25,27H,15H2,1-9H3,(H,31,33,35);10,12-15,17-19,21,25H,11H2,1-9H3,(H,23,26,27);2-5,8,13-15,17,24-25H,6-7,9H2,1H3;2,5-7,9,13-15H,3H2,1H3,(H,11,16,17);7-9H,1-6H3;2*1H4/t23-,24+,25?,27-;17-,18?,19+,21-;13-,14+,15?,17-;5-,6+,7?,9-;;;/m1111.../s1. The second kappa shape index (κ2) is 49.1. The number of nitrogens with one attached hydrogen (secondary N) is 3. The van der Waals surface area contributed by atoms with Crippen molar-refractivity contribution < 1.29 is 99.0 Å². The van der Waals surface area contributed by atoms with E-state index in [-0.39, 0.29) is 89.1 Å². The zero-order chi connectivity index (χ0) is 101. The summed E-state index contributed by atoms with van der Waals surface area (Å²) in [5, 5.41) is 59.6. The number of aromatic nitrogens is 8. The first-order valence-electron chi connectivity index (χ1n) is 45.5. The Morgan fingerprint density at radius 2 is 0.765 bits per heavy atom. The number of hydrogen-bond donors (Lipinski definition) is 9. The van der Waals surface area contributed by atoms with E-state index in [1.54, 1.807) is 50.2 Å². The first-order chi connectivity index (χ1) is 62.4. The number of carbonyl (C=O) groups excluding carboxylic acids is 2. The molecule has 6 aliphatic rings. The predicted octanol–water partition coefficient (Wildman–Crippen LogP) is 12.4. The number of esters is 2. The van der Waals surface area contributed by atoms with Gasteiger partial charge in [0.1, 0.15) is 67.7 Å². The molecule has 2 aromatic carbocycles. The fraction of sp³-hybridized carbons (Fsp3) is 0.670. The average Bonchev–Trinajstić information content (AvgIpc) is 1.51. The Bertz CT molecular complexity index is 5430. The summed E-state index contributed by atoms with van der Waals surface area (Å²) < 4.78 is 96.5. The number of alkyl halides is 1.